The van der Waals surface area contributed by atoms with Crippen LogP contribution in [0, 0.1) is 0 Å². The SMILES string of the molecule is COc1cccc(CCNC(=O)c2ccc(N3C(=O)CCS3(=O)=O)cc2)c1. The second kappa shape index (κ2) is 7.79. The van der Waals surface area contributed by atoms with E-state index in [2.05, 4.69) is 5.32 Å². The first-order valence-corrected chi connectivity index (χ1v) is 10.1. The molecule has 0 saturated carbocycles. The monoisotopic (exact) mass is 388 g/mol. The first-order valence-electron chi connectivity index (χ1n) is 8.48. The van der Waals surface area contributed by atoms with Crippen LogP contribution in [0.1, 0.15) is 22.3 Å². The molecule has 1 heterocycles. The number of anilines is 1. The van der Waals surface area contributed by atoms with Crippen molar-refractivity contribution < 1.29 is 22.7 Å². The van der Waals surface area contributed by atoms with Crippen LogP contribution in [0.4, 0.5) is 5.69 Å². The Morgan fingerprint density at radius 2 is 1.93 bits per heavy atom. The molecule has 0 unspecified atom stereocenters. The van der Waals surface area contributed by atoms with Crippen molar-refractivity contribution >= 4 is 27.5 Å². The van der Waals surface area contributed by atoms with Gasteiger partial charge >= 0.3 is 0 Å². The Morgan fingerprint density at radius 1 is 1.19 bits per heavy atom. The summed E-state index contributed by atoms with van der Waals surface area (Å²) in [6.07, 6.45) is 0.635. The van der Waals surface area contributed by atoms with Gasteiger partial charge in [0.2, 0.25) is 15.9 Å². The maximum absolute atomic E-state index is 12.2. The van der Waals surface area contributed by atoms with Crippen LogP contribution in [-0.2, 0) is 21.2 Å². The van der Waals surface area contributed by atoms with E-state index in [0.717, 1.165) is 15.6 Å². The predicted molar refractivity (Wildman–Crippen MR) is 101 cm³/mol. The smallest absolute Gasteiger partial charge is 0.251 e. The Morgan fingerprint density at radius 3 is 2.56 bits per heavy atom. The molecule has 2 amide bonds. The Hall–Kier alpha value is -2.87. The molecule has 1 aliphatic rings. The number of nitrogens with one attached hydrogen (secondary N) is 1. The third kappa shape index (κ3) is 4.28. The van der Waals surface area contributed by atoms with E-state index < -0.39 is 15.9 Å². The van der Waals surface area contributed by atoms with Crippen LogP contribution < -0.4 is 14.4 Å². The molecule has 3 rings (SSSR count). The minimum absolute atomic E-state index is 0.0190. The fourth-order valence-electron chi connectivity index (χ4n) is 2.87. The Balaban J connectivity index is 1.60. The summed E-state index contributed by atoms with van der Waals surface area (Å²) in [6, 6.07) is 13.6. The number of hydrogen-bond donors (Lipinski definition) is 1. The molecular weight excluding hydrogens is 368 g/mol. The quantitative estimate of drug-likeness (QED) is 0.814. The van der Waals surface area contributed by atoms with Gasteiger partial charge in [0.25, 0.3) is 5.91 Å². The van der Waals surface area contributed by atoms with Crippen molar-refractivity contribution in [3.63, 3.8) is 0 Å². The molecule has 142 valence electrons. The summed E-state index contributed by atoms with van der Waals surface area (Å²) in [6.45, 7) is 0.451. The molecule has 1 N–H and O–H groups in total. The minimum Gasteiger partial charge on any atom is -0.497 e. The van der Waals surface area contributed by atoms with Crippen LogP contribution in [0.3, 0.4) is 0 Å². The zero-order valence-corrected chi connectivity index (χ0v) is 15.7. The fraction of sp³-hybridized carbons (Fsp3) is 0.263. The predicted octanol–water partition coefficient (Wildman–Crippen LogP) is 1.73. The molecule has 0 bridgehead atoms. The van der Waals surface area contributed by atoms with Gasteiger partial charge in [-0.25, -0.2) is 12.7 Å². The van der Waals surface area contributed by atoms with Crippen molar-refractivity contribution in [3.05, 3.63) is 59.7 Å². The average molecular weight is 388 g/mol. The third-order valence-electron chi connectivity index (χ3n) is 4.28. The maximum atomic E-state index is 12.2. The lowest BCUT2D eigenvalue weighted by Crippen LogP contribution is -2.29. The number of nitrogens with zero attached hydrogens (tertiary/aromatic N) is 1. The van der Waals surface area contributed by atoms with Crippen LogP contribution in [0.2, 0.25) is 0 Å². The number of ether oxygens (including phenoxy) is 1. The van der Waals surface area contributed by atoms with E-state index in [0.29, 0.717) is 18.5 Å². The van der Waals surface area contributed by atoms with E-state index in [4.69, 9.17) is 4.74 Å². The molecule has 1 saturated heterocycles. The van der Waals surface area contributed by atoms with Crippen molar-refractivity contribution in [2.24, 2.45) is 0 Å². The van der Waals surface area contributed by atoms with Crippen LogP contribution >= 0.6 is 0 Å². The number of carbonyl (C=O) groups is 2. The number of carbonyl (C=O) groups excluding carboxylic acids is 2. The molecule has 2 aromatic carbocycles. The molecule has 0 aromatic heterocycles. The van der Waals surface area contributed by atoms with Gasteiger partial charge in [-0.2, -0.15) is 0 Å². The van der Waals surface area contributed by atoms with E-state index in [1.807, 2.05) is 24.3 Å². The lowest BCUT2D eigenvalue weighted by atomic mass is 10.1. The van der Waals surface area contributed by atoms with E-state index in [1.54, 1.807) is 7.11 Å². The van der Waals surface area contributed by atoms with Crippen molar-refractivity contribution in [2.45, 2.75) is 12.8 Å². The van der Waals surface area contributed by atoms with Crippen molar-refractivity contribution in [1.82, 2.24) is 5.32 Å². The second-order valence-corrected chi connectivity index (χ2v) is 8.07. The van der Waals surface area contributed by atoms with Crippen LogP contribution in [0.5, 0.6) is 5.75 Å². The summed E-state index contributed by atoms with van der Waals surface area (Å²) in [7, 11) is -2.00. The lowest BCUT2D eigenvalue weighted by molar-refractivity contribution is -0.116. The molecule has 8 heteroatoms. The fourth-order valence-corrected chi connectivity index (χ4v) is 4.33. The summed E-state index contributed by atoms with van der Waals surface area (Å²) in [4.78, 5) is 24.0. The Labute approximate surface area is 158 Å². The van der Waals surface area contributed by atoms with Crippen molar-refractivity contribution in [3.8, 4) is 5.75 Å². The summed E-state index contributed by atoms with van der Waals surface area (Å²) in [5, 5.41) is 2.82. The highest BCUT2D eigenvalue weighted by atomic mass is 32.2. The van der Waals surface area contributed by atoms with E-state index >= 15 is 0 Å². The van der Waals surface area contributed by atoms with E-state index in [1.165, 1.54) is 24.3 Å². The van der Waals surface area contributed by atoms with E-state index in [-0.39, 0.29) is 23.8 Å². The van der Waals surface area contributed by atoms with Crippen LogP contribution in [-0.4, -0.2) is 39.6 Å². The van der Waals surface area contributed by atoms with Gasteiger partial charge in [0, 0.05) is 18.5 Å². The highest BCUT2D eigenvalue weighted by Gasteiger charge is 2.36. The lowest BCUT2D eigenvalue weighted by Gasteiger charge is -2.15. The second-order valence-electron chi connectivity index (χ2n) is 6.13. The molecule has 7 nitrogen and oxygen atoms in total. The van der Waals surface area contributed by atoms with Gasteiger partial charge < -0.3 is 10.1 Å². The van der Waals surface area contributed by atoms with E-state index in [9.17, 15) is 18.0 Å². The summed E-state index contributed by atoms with van der Waals surface area (Å²) >= 11 is 0. The molecule has 1 aliphatic heterocycles. The number of methoxy groups -OCH3 is 1. The van der Waals surface area contributed by atoms with Gasteiger partial charge in [-0.15, -0.1) is 0 Å². The molecule has 0 spiro atoms. The van der Waals surface area contributed by atoms with Gasteiger partial charge in [0.05, 0.1) is 18.6 Å². The number of benzene rings is 2. The average Bonchev–Trinajstić information content (AvgIpc) is 2.94. The highest BCUT2D eigenvalue weighted by molar-refractivity contribution is 7.94. The number of hydrogen-bond acceptors (Lipinski definition) is 5. The number of amides is 2. The molecule has 27 heavy (non-hydrogen) atoms. The minimum atomic E-state index is -3.60. The normalized spacial score (nSPS) is 15.6. The summed E-state index contributed by atoms with van der Waals surface area (Å²) < 4.78 is 29.8. The van der Waals surface area contributed by atoms with Gasteiger partial charge in [-0.3, -0.25) is 9.59 Å². The zero-order valence-electron chi connectivity index (χ0n) is 14.8. The first kappa shape index (κ1) is 18.9. The third-order valence-corrected chi connectivity index (χ3v) is 5.97. The standard InChI is InChI=1S/C19H20N2O5S/c1-26-17-4-2-3-14(13-17)9-11-20-19(23)15-5-7-16(8-6-15)21-18(22)10-12-27(21,24)25/h2-8,13H,9-12H2,1H3,(H,20,23). The topological polar surface area (TPSA) is 92.8 Å². The van der Waals surface area contributed by atoms with Crippen LogP contribution in [0.25, 0.3) is 0 Å². The summed E-state index contributed by atoms with van der Waals surface area (Å²) in [5.74, 6) is -0.135. The van der Waals surface area contributed by atoms with Gasteiger partial charge in [-0.1, -0.05) is 12.1 Å². The molecule has 2 aromatic rings. The van der Waals surface area contributed by atoms with Crippen molar-refractivity contribution in [2.75, 3.05) is 23.7 Å². The number of rotatable bonds is 6. The first-order chi connectivity index (χ1) is 12.9. The largest absolute Gasteiger partial charge is 0.497 e. The van der Waals surface area contributed by atoms with Gasteiger partial charge in [0.1, 0.15) is 5.75 Å². The maximum Gasteiger partial charge on any atom is 0.251 e. The number of sulfonamides is 1. The highest BCUT2D eigenvalue weighted by Crippen LogP contribution is 2.25. The van der Waals surface area contributed by atoms with Gasteiger partial charge in [-0.05, 0) is 48.4 Å². The zero-order chi connectivity index (χ0) is 19.4. The molecule has 0 radical (unpaired) electrons. The molecule has 0 atom stereocenters. The Kier molecular flexibility index (Phi) is 5.46. The van der Waals surface area contributed by atoms with Crippen LogP contribution in [0.15, 0.2) is 48.5 Å². The van der Waals surface area contributed by atoms with Crippen molar-refractivity contribution in [1.29, 1.82) is 0 Å². The Bertz CT molecular complexity index is 954. The van der Waals surface area contributed by atoms with Gasteiger partial charge in [0.15, 0.2) is 0 Å². The molecular formula is C19H20N2O5S. The molecule has 0 aliphatic carbocycles. The molecule has 1 fully saturated rings. The summed E-state index contributed by atoms with van der Waals surface area (Å²) in [5.41, 5.74) is 1.70.